The molecule has 1 heterocycles. The van der Waals surface area contributed by atoms with Crippen molar-refractivity contribution in [3.05, 3.63) is 64.4 Å². The van der Waals surface area contributed by atoms with Crippen molar-refractivity contribution in [1.82, 2.24) is 9.55 Å². The lowest BCUT2D eigenvalue weighted by molar-refractivity contribution is -0.117. The van der Waals surface area contributed by atoms with Crippen LogP contribution in [0.25, 0.3) is 10.9 Å². The van der Waals surface area contributed by atoms with Gasteiger partial charge in [0, 0.05) is 12.2 Å². The predicted octanol–water partition coefficient (Wildman–Crippen LogP) is 3.91. The lowest BCUT2D eigenvalue weighted by Gasteiger charge is -2.13. The second-order valence-electron chi connectivity index (χ2n) is 6.30. The monoisotopic (exact) mass is 382 g/mol. The highest BCUT2D eigenvalue weighted by Gasteiger charge is 2.12. The molecule has 0 aliphatic heterocycles. The highest BCUT2D eigenvalue weighted by atomic mass is 32.2. The van der Waals surface area contributed by atoms with Gasteiger partial charge < -0.3 is 9.53 Å². The van der Waals surface area contributed by atoms with Crippen molar-refractivity contribution in [2.75, 3.05) is 12.9 Å². The van der Waals surface area contributed by atoms with Crippen LogP contribution in [0.1, 0.15) is 25.3 Å². The molecular weight excluding hydrogens is 360 g/mol. The van der Waals surface area contributed by atoms with E-state index in [9.17, 15) is 9.59 Å². The summed E-state index contributed by atoms with van der Waals surface area (Å²) in [7, 11) is 1.63. The first-order valence-electron chi connectivity index (χ1n) is 8.83. The van der Waals surface area contributed by atoms with Gasteiger partial charge in [-0.2, -0.15) is 0 Å². The van der Waals surface area contributed by atoms with Gasteiger partial charge in [-0.05, 0) is 43.2 Å². The summed E-state index contributed by atoms with van der Waals surface area (Å²) in [5, 5.41) is 1.29. The van der Waals surface area contributed by atoms with Crippen molar-refractivity contribution in [2.24, 2.45) is 0 Å². The number of carbonyl (C=O) groups is 1. The number of fused-ring (bicyclic) bond motifs is 1. The zero-order valence-corrected chi connectivity index (χ0v) is 16.3. The Bertz CT molecular complexity index is 996. The van der Waals surface area contributed by atoms with Crippen LogP contribution in [-0.4, -0.2) is 28.2 Å². The number of nitrogens with zero attached hydrogens (tertiary/aromatic N) is 2. The van der Waals surface area contributed by atoms with E-state index in [4.69, 9.17) is 9.72 Å². The molecule has 27 heavy (non-hydrogen) atoms. The average molecular weight is 382 g/mol. The molecular formula is C21H22N2O3S. The third-order valence-electron chi connectivity index (χ3n) is 4.23. The van der Waals surface area contributed by atoms with Gasteiger partial charge >= 0.3 is 0 Å². The van der Waals surface area contributed by atoms with Crippen LogP contribution in [0.5, 0.6) is 5.75 Å². The molecule has 3 aromatic rings. The minimum Gasteiger partial charge on any atom is -0.497 e. The van der Waals surface area contributed by atoms with E-state index in [-0.39, 0.29) is 11.3 Å². The summed E-state index contributed by atoms with van der Waals surface area (Å²) in [5.74, 6) is 1.70. The molecule has 0 unspecified atom stereocenters. The maximum absolute atomic E-state index is 13.0. The van der Waals surface area contributed by atoms with Crippen LogP contribution >= 0.6 is 11.8 Å². The Morgan fingerprint density at radius 1 is 1.15 bits per heavy atom. The fourth-order valence-corrected chi connectivity index (χ4v) is 3.73. The second-order valence-corrected chi connectivity index (χ2v) is 7.37. The van der Waals surface area contributed by atoms with E-state index in [1.165, 1.54) is 11.8 Å². The van der Waals surface area contributed by atoms with Gasteiger partial charge in [-0.25, -0.2) is 4.98 Å². The molecule has 5 nitrogen and oxygen atoms in total. The molecule has 0 saturated carbocycles. The van der Waals surface area contributed by atoms with Crippen LogP contribution in [0.3, 0.4) is 0 Å². The Morgan fingerprint density at radius 3 is 2.59 bits per heavy atom. The highest BCUT2D eigenvalue weighted by molar-refractivity contribution is 7.99. The molecule has 1 aromatic heterocycles. The quantitative estimate of drug-likeness (QED) is 0.336. The summed E-state index contributed by atoms with van der Waals surface area (Å²) < 4.78 is 6.91. The van der Waals surface area contributed by atoms with E-state index in [0.29, 0.717) is 29.0 Å². The number of hydrogen-bond donors (Lipinski definition) is 0. The summed E-state index contributed by atoms with van der Waals surface area (Å²) in [5.41, 5.74) is 1.65. The third kappa shape index (κ3) is 4.77. The lowest BCUT2D eigenvalue weighted by atomic mass is 10.2. The van der Waals surface area contributed by atoms with E-state index in [2.05, 4.69) is 0 Å². The second kappa shape index (κ2) is 8.86. The van der Waals surface area contributed by atoms with Gasteiger partial charge in [0.2, 0.25) is 0 Å². The van der Waals surface area contributed by atoms with Crippen LogP contribution in [-0.2, 0) is 11.3 Å². The van der Waals surface area contributed by atoms with Crippen LogP contribution in [0, 0.1) is 0 Å². The number of aromatic nitrogens is 2. The number of Topliss-reactive ketones (excluding diaryl/α,β-unsaturated/α-hetero) is 1. The number of para-hydroxylation sites is 1. The minimum atomic E-state index is -0.0505. The number of ketones is 1. The molecule has 0 saturated heterocycles. The SMILES string of the molecule is COc1ccc(Cn2c(SCCCC(C)=O)nc3ccccc3c2=O)cc1. The van der Waals surface area contributed by atoms with Crippen molar-refractivity contribution in [2.45, 2.75) is 31.5 Å². The molecule has 0 bridgehead atoms. The Morgan fingerprint density at radius 2 is 1.89 bits per heavy atom. The van der Waals surface area contributed by atoms with Gasteiger partial charge in [-0.15, -0.1) is 0 Å². The van der Waals surface area contributed by atoms with Gasteiger partial charge in [-0.1, -0.05) is 36.0 Å². The average Bonchev–Trinajstić information content (AvgIpc) is 2.68. The van der Waals surface area contributed by atoms with Crippen LogP contribution < -0.4 is 10.3 Å². The van der Waals surface area contributed by atoms with Crippen molar-refractivity contribution < 1.29 is 9.53 Å². The van der Waals surface area contributed by atoms with Gasteiger partial charge in [-0.3, -0.25) is 9.36 Å². The maximum Gasteiger partial charge on any atom is 0.262 e. The number of carbonyl (C=O) groups excluding carboxylic acids is 1. The summed E-state index contributed by atoms with van der Waals surface area (Å²) in [6.45, 7) is 2.04. The zero-order valence-electron chi connectivity index (χ0n) is 15.5. The van der Waals surface area contributed by atoms with Crippen molar-refractivity contribution in [3.8, 4) is 5.75 Å². The van der Waals surface area contributed by atoms with E-state index < -0.39 is 0 Å². The van der Waals surface area contributed by atoms with Crippen molar-refractivity contribution >= 4 is 28.4 Å². The molecule has 0 radical (unpaired) electrons. The van der Waals surface area contributed by atoms with E-state index in [1.807, 2.05) is 42.5 Å². The number of hydrogen-bond acceptors (Lipinski definition) is 5. The summed E-state index contributed by atoms with van der Waals surface area (Å²) in [6, 6.07) is 15.1. The van der Waals surface area contributed by atoms with E-state index in [0.717, 1.165) is 23.5 Å². The highest BCUT2D eigenvalue weighted by Crippen LogP contribution is 2.21. The third-order valence-corrected chi connectivity index (χ3v) is 5.29. The molecule has 0 atom stereocenters. The predicted molar refractivity (Wildman–Crippen MR) is 109 cm³/mol. The summed E-state index contributed by atoms with van der Waals surface area (Å²) in [4.78, 5) is 28.9. The molecule has 0 aliphatic rings. The minimum absolute atomic E-state index is 0.0505. The summed E-state index contributed by atoms with van der Waals surface area (Å²) in [6.07, 6.45) is 1.31. The first kappa shape index (κ1) is 19.2. The largest absolute Gasteiger partial charge is 0.497 e. The van der Waals surface area contributed by atoms with Gasteiger partial charge in [0.15, 0.2) is 5.16 Å². The van der Waals surface area contributed by atoms with E-state index in [1.54, 1.807) is 24.7 Å². The smallest absolute Gasteiger partial charge is 0.262 e. The zero-order chi connectivity index (χ0) is 19.2. The summed E-state index contributed by atoms with van der Waals surface area (Å²) >= 11 is 1.52. The Kier molecular flexibility index (Phi) is 6.29. The number of methoxy groups -OCH3 is 1. The van der Waals surface area contributed by atoms with Crippen LogP contribution in [0.15, 0.2) is 58.5 Å². The molecule has 140 valence electrons. The molecule has 2 aromatic carbocycles. The van der Waals surface area contributed by atoms with Crippen LogP contribution in [0.4, 0.5) is 0 Å². The molecule has 0 amide bonds. The molecule has 6 heteroatoms. The lowest BCUT2D eigenvalue weighted by Crippen LogP contribution is -2.24. The molecule has 0 N–H and O–H groups in total. The number of ether oxygens (including phenoxy) is 1. The van der Waals surface area contributed by atoms with Gasteiger partial charge in [0.25, 0.3) is 5.56 Å². The fourth-order valence-electron chi connectivity index (χ4n) is 2.80. The van der Waals surface area contributed by atoms with Crippen molar-refractivity contribution in [1.29, 1.82) is 0 Å². The molecule has 0 aliphatic carbocycles. The maximum atomic E-state index is 13.0. The first-order chi connectivity index (χ1) is 13.1. The number of thioether (sulfide) groups is 1. The normalized spacial score (nSPS) is 10.9. The number of rotatable bonds is 8. The fraction of sp³-hybridized carbons (Fsp3) is 0.286. The van der Waals surface area contributed by atoms with Gasteiger partial charge in [0.05, 0.1) is 24.6 Å². The van der Waals surface area contributed by atoms with E-state index >= 15 is 0 Å². The Balaban J connectivity index is 1.93. The standard InChI is InChI=1S/C21H22N2O3S/c1-15(24)6-5-13-27-21-22-19-8-4-3-7-18(19)20(25)23(21)14-16-9-11-17(26-2)12-10-16/h3-4,7-12H,5-6,13-14H2,1-2H3. The Labute approximate surface area is 162 Å². The number of benzene rings is 2. The van der Waals surface area contributed by atoms with Crippen molar-refractivity contribution in [3.63, 3.8) is 0 Å². The molecule has 0 fully saturated rings. The topological polar surface area (TPSA) is 61.2 Å². The Hall–Kier alpha value is -2.60. The first-order valence-corrected chi connectivity index (χ1v) is 9.82. The molecule has 3 rings (SSSR count). The molecule has 0 spiro atoms. The van der Waals surface area contributed by atoms with Crippen LogP contribution in [0.2, 0.25) is 0 Å². The van der Waals surface area contributed by atoms with Gasteiger partial charge in [0.1, 0.15) is 11.5 Å².